The molecule has 0 bridgehead atoms. The number of carbonyl (C=O) groups is 3. The van der Waals surface area contributed by atoms with Crippen LogP contribution in [0.15, 0.2) is 41.7 Å². The minimum absolute atomic E-state index is 0.0271. The molecule has 25 nitrogen and oxygen atoms in total. The fraction of sp³-hybridized carbons (Fsp3) is 0.500. The number of aliphatic hydroxyl groups excluding tert-OH is 2. The number of ether oxygens (including phenoxy) is 1. The summed E-state index contributed by atoms with van der Waals surface area (Å²) >= 11 is 0.975. The zero-order chi connectivity index (χ0) is 42.2. The standard InChI is InChI=1S/C28H40N7O18P3S/c1-28(2,23(39)26(40)31-7-5-18(36)30-8-10-57-19(37)4-3-16-6-9-48-11-16)13-50-56(46,47)53-55(44,45)49-12-17-22(52-54(41,42)43)21(38)27(51-17)35-15-34-20-24(29)32-14-33-25(20)35/h3-4,6,9,11,14-15,17,21-23,27,38-39H,5,7-8,10,12-13H2,1-2H3,(H,30,36)(H,31,40)(H,44,45)(H,46,47)(H2,29,32,33)(H2,41,42,43)/b4-3+/t17-,21-,22-,23+,27-/m1/s1. The molecule has 57 heavy (non-hydrogen) atoms. The summed E-state index contributed by atoms with van der Waals surface area (Å²) < 4.78 is 67.0. The van der Waals surface area contributed by atoms with Crippen LogP contribution in [0.2, 0.25) is 0 Å². The van der Waals surface area contributed by atoms with Crippen molar-refractivity contribution in [2.45, 2.75) is 50.9 Å². The topological polar surface area (TPSA) is 377 Å². The highest BCUT2D eigenvalue weighted by Crippen LogP contribution is 2.61. The molecule has 3 aromatic heterocycles. The van der Waals surface area contributed by atoms with Crippen molar-refractivity contribution in [2.75, 3.05) is 37.8 Å². The molecule has 0 saturated carbocycles. The molecule has 1 aliphatic heterocycles. The molecule has 0 radical (unpaired) electrons. The lowest BCUT2D eigenvalue weighted by Gasteiger charge is -2.30. The smallest absolute Gasteiger partial charge is 0.472 e. The van der Waals surface area contributed by atoms with Crippen molar-refractivity contribution in [3.05, 3.63) is 42.9 Å². The van der Waals surface area contributed by atoms with Gasteiger partial charge < -0.3 is 55.3 Å². The van der Waals surface area contributed by atoms with Crippen LogP contribution in [0, 0.1) is 5.41 Å². The van der Waals surface area contributed by atoms with Gasteiger partial charge in [-0.05, 0) is 18.2 Å². The van der Waals surface area contributed by atoms with Crippen LogP contribution in [-0.2, 0) is 50.7 Å². The van der Waals surface area contributed by atoms with Crippen molar-refractivity contribution in [2.24, 2.45) is 5.41 Å². The number of imidazole rings is 1. The maximum absolute atomic E-state index is 12.7. The van der Waals surface area contributed by atoms with Gasteiger partial charge in [-0.25, -0.2) is 28.6 Å². The number of nitrogens with zero attached hydrogens (tertiary/aromatic N) is 4. The first-order valence-corrected chi connectivity index (χ1v) is 21.8. The lowest BCUT2D eigenvalue weighted by molar-refractivity contribution is -0.137. The zero-order valence-corrected chi connectivity index (χ0v) is 33.4. The number of nitrogen functional groups attached to an aromatic ring is 1. The van der Waals surface area contributed by atoms with Gasteiger partial charge in [0.25, 0.3) is 0 Å². The molecule has 0 aromatic carbocycles. The first-order valence-electron chi connectivity index (χ1n) is 16.3. The Morgan fingerprint density at radius 3 is 2.49 bits per heavy atom. The first-order chi connectivity index (χ1) is 26.6. The van der Waals surface area contributed by atoms with Gasteiger partial charge >= 0.3 is 23.5 Å². The monoisotopic (exact) mass is 887 g/mol. The summed E-state index contributed by atoms with van der Waals surface area (Å²) in [7, 11) is -16.4. The summed E-state index contributed by atoms with van der Waals surface area (Å²) in [5.41, 5.74) is 4.96. The largest absolute Gasteiger partial charge is 0.481 e. The molecule has 29 heteroatoms. The Kier molecular flexibility index (Phi) is 15.9. The molecule has 1 aliphatic rings. The van der Waals surface area contributed by atoms with Crippen molar-refractivity contribution in [1.29, 1.82) is 0 Å². The van der Waals surface area contributed by atoms with Crippen LogP contribution in [0.1, 0.15) is 32.1 Å². The third-order valence-corrected chi connectivity index (χ3v) is 11.6. The minimum atomic E-state index is -5.58. The van der Waals surface area contributed by atoms with Gasteiger partial charge in [0.05, 0.1) is 32.1 Å². The minimum Gasteiger partial charge on any atom is -0.472 e. The van der Waals surface area contributed by atoms with Crippen molar-refractivity contribution >= 4 is 75.2 Å². The third-order valence-electron chi connectivity index (χ3n) is 7.70. The predicted molar refractivity (Wildman–Crippen MR) is 195 cm³/mol. The van der Waals surface area contributed by atoms with Gasteiger partial charge in [-0.15, -0.1) is 0 Å². The number of anilines is 1. The summed E-state index contributed by atoms with van der Waals surface area (Å²) in [6.45, 7) is 0.398. The van der Waals surface area contributed by atoms with Gasteiger partial charge in [0.15, 0.2) is 17.7 Å². The summed E-state index contributed by atoms with van der Waals surface area (Å²) in [4.78, 5) is 87.5. The molecule has 4 heterocycles. The molecule has 2 unspecified atom stereocenters. The number of hydrogen-bond acceptors (Lipinski definition) is 19. The van der Waals surface area contributed by atoms with Crippen molar-refractivity contribution in [3.63, 3.8) is 0 Å². The Bertz CT molecular complexity index is 2050. The molecule has 10 N–H and O–H groups in total. The van der Waals surface area contributed by atoms with Crippen molar-refractivity contribution in [1.82, 2.24) is 30.2 Å². The van der Waals surface area contributed by atoms with E-state index in [9.17, 15) is 57.9 Å². The van der Waals surface area contributed by atoms with E-state index in [0.717, 1.165) is 29.0 Å². The van der Waals surface area contributed by atoms with Crippen molar-refractivity contribution in [3.8, 4) is 0 Å². The summed E-state index contributed by atoms with van der Waals surface area (Å²) in [5, 5.41) is 26.1. The van der Waals surface area contributed by atoms with E-state index in [-0.39, 0.29) is 47.4 Å². The van der Waals surface area contributed by atoms with E-state index in [2.05, 4.69) is 34.4 Å². The van der Waals surface area contributed by atoms with E-state index >= 15 is 0 Å². The number of hydrogen-bond donors (Lipinski definition) is 9. The van der Waals surface area contributed by atoms with E-state index in [1.807, 2.05) is 0 Å². The maximum Gasteiger partial charge on any atom is 0.481 e. The summed E-state index contributed by atoms with van der Waals surface area (Å²) in [6, 6.07) is 1.67. The SMILES string of the molecule is CC(C)(COP(=O)(O)OP(=O)(O)OC[C@H]1O[C@@H](n2cnc3c(N)ncnc32)[C@H](O)[C@@H]1OP(=O)(O)O)[C@@H](O)C(=O)NCCC(=O)NCCSC(=O)/C=C/c1ccoc1. The van der Waals surface area contributed by atoms with E-state index in [4.69, 9.17) is 23.9 Å². The average molecular weight is 888 g/mol. The molecule has 0 aliphatic carbocycles. The quantitative estimate of drug-likeness (QED) is 0.0385. The van der Waals surface area contributed by atoms with Gasteiger partial charge in [0.1, 0.15) is 36.3 Å². The highest BCUT2D eigenvalue weighted by Gasteiger charge is 2.50. The number of nitrogens with two attached hydrogens (primary N) is 1. The third kappa shape index (κ3) is 13.8. The molecule has 1 saturated heterocycles. The van der Waals surface area contributed by atoms with Crippen LogP contribution in [0.4, 0.5) is 5.82 Å². The Labute approximate surface area is 326 Å². The second-order valence-corrected chi connectivity index (χ2v) is 18.0. The number of rotatable bonds is 21. The second-order valence-electron chi connectivity index (χ2n) is 12.6. The molecule has 3 aromatic rings. The van der Waals surface area contributed by atoms with Gasteiger partial charge in [-0.2, -0.15) is 4.31 Å². The number of phosphoric ester groups is 3. The molecule has 4 rings (SSSR count). The number of amides is 2. The van der Waals surface area contributed by atoms with Gasteiger partial charge in [-0.3, -0.25) is 32.5 Å². The van der Waals surface area contributed by atoms with Crippen LogP contribution in [-0.4, -0.2) is 123 Å². The summed E-state index contributed by atoms with van der Waals surface area (Å²) in [5.74, 6) is -1.22. The molecule has 1 fully saturated rings. The normalized spacial score (nSPS) is 21.6. The lowest BCUT2D eigenvalue weighted by atomic mass is 9.87. The van der Waals surface area contributed by atoms with E-state index in [0.29, 0.717) is 5.56 Å². The Morgan fingerprint density at radius 1 is 1.09 bits per heavy atom. The van der Waals surface area contributed by atoms with Gasteiger partial charge in [0.2, 0.25) is 16.9 Å². The fourth-order valence-corrected chi connectivity index (χ4v) is 8.26. The van der Waals surface area contributed by atoms with Crippen LogP contribution in [0.5, 0.6) is 0 Å². The number of phosphoric acid groups is 3. The molecular formula is C28H40N7O18P3S. The van der Waals surface area contributed by atoms with Crippen LogP contribution in [0.3, 0.4) is 0 Å². The predicted octanol–water partition coefficient (Wildman–Crippen LogP) is -0.0289. The maximum atomic E-state index is 12.7. The van der Waals surface area contributed by atoms with Crippen LogP contribution < -0.4 is 16.4 Å². The number of carbonyl (C=O) groups excluding carboxylic acids is 3. The summed E-state index contributed by atoms with van der Waals surface area (Å²) in [6.07, 6.45) is -1.11. The number of thioether (sulfide) groups is 1. The average Bonchev–Trinajstić information content (AvgIpc) is 3.87. The molecular weight excluding hydrogens is 847 g/mol. The lowest BCUT2D eigenvalue weighted by Crippen LogP contribution is -2.46. The fourth-order valence-electron chi connectivity index (χ4n) is 4.86. The number of aromatic nitrogens is 4. The van der Waals surface area contributed by atoms with E-state index < -0.39 is 84.6 Å². The first kappa shape index (κ1) is 46.3. The molecule has 2 amide bonds. The molecule has 7 atom stereocenters. The highest BCUT2D eigenvalue weighted by molar-refractivity contribution is 8.14. The molecule has 0 spiro atoms. The number of fused-ring (bicyclic) bond motifs is 1. The zero-order valence-electron chi connectivity index (χ0n) is 29.9. The van der Waals surface area contributed by atoms with Gasteiger partial charge in [0, 0.05) is 36.2 Å². The number of aliphatic hydroxyl groups is 2. The van der Waals surface area contributed by atoms with E-state index in [1.54, 1.807) is 12.1 Å². The molecule has 316 valence electrons. The number of nitrogens with one attached hydrogen (secondary N) is 2. The van der Waals surface area contributed by atoms with Gasteiger partial charge in [-0.1, -0.05) is 25.6 Å². The van der Waals surface area contributed by atoms with E-state index in [1.165, 1.54) is 32.4 Å². The highest BCUT2D eigenvalue weighted by atomic mass is 32.2. The van der Waals surface area contributed by atoms with Crippen LogP contribution in [0.25, 0.3) is 17.2 Å². The Balaban J connectivity index is 1.22. The second kappa shape index (κ2) is 19.6. The Hall–Kier alpha value is -3.42. The number of furan rings is 1. The van der Waals surface area contributed by atoms with Crippen molar-refractivity contribution < 1.29 is 84.9 Å². The van der Waals surface area contributed by atoms with Crippen LogP contribution >= 0.6 is 35.2 Å². The Morgan fingerprint density at radius 2 is 1.81 bits per heavy atom.